The van der Waals surface area contributed by atoms with Crippen molar-refractivity contribution in [1.29, 1.82) is 0 Å². The molecule has 0 aromatic carbocycles. The number of hydrogen-bond acceptors (Lipinski definition) is 2. The second kappa shape index (κ2) is 7.62. The fraction of sp³-hybridized carbons (Fsp3) is 0.900. The highest BCUT2D eigenvalue weighted by Crippen LogP contribution is 2.01. The second-order valence-corrected chi connectivity index (χ2v) is 3.72. The van der Waals surface area contributed by atoms with Crippen molar-refractivity contribution in [3.63, 3.8) is 0 Å². The smallest absolute Gasteiger partial charge is 0.188 e. The lowest BCUT2D eigenvalue weighted by Crippen LogP contribution is -2.45. The third kappa shape index (κ3) is 5.80. The maximum absolute atomic E-state index is 5.71. The number of nitrogens with two attached hydrogens (primary N) is 1. The zero-order valence-corrected chi connectivity index (χ0v) is 9.71. The zero-order valence-electron chi connectivity index (χ0n) is 9.71. The maximum atomic E-state index is 5.71. The fourth-order valence-corrected chi connectivity index (χ4v) is 1.05. The van der Waals surface area contributed by atoms with E-state index in [1.165, 1.54) is 0 Å². The number of methoxy groups -OCH3 is 1. The summed E-state index contributed by atoms with van der Waals surface area (Å²) in [4.78, 5) is 4.17. The van der Waals surface area contributed by atoms with Crippen molar-refractivity contribution in [1.82, 2.24) is 5.32 Å². The minimum atomic E-state index is 0.237. The zero-order chi connectivity index (χ0) is 11.0. The van der Waals surface area contributed by atoms with Gasteiger partial charge in [-0.15, -0.1) is 0 Å². The fourth-order valence-electron chi connectivity index (χ4n) is 1.05. The number of guanidine groups is 1. The Balaban J connectivity index is 4.01. The van der Waals surface area contributed by atoms with Crippen LogP contribution in [0.3, 0.4) is 0 Å². The van der Waals surface area contributed by atoms with Gasteiger partial charge in [-0.3, -0.25) is 4.99 Å². The van der Waals surface area contributed by atoms with Crippen LogP contribution in [0.2, 0.25) is 0 Å². The first-order chi connectivity index (χ1) is 6.61. The Morgan fingerprint density at radius 3 is 2.57 bits per heavy atom. The highest BCUT2D eigenvalue weighted by Gasteiger charge is 2.12. The molecule has 0 aromatic heterocycles. The van der Waals surface area contributed by atoms with Gasteiger partial charge in [-0.05, 0) is 12.3 Å². The second-order valence-electron chi connectivity index (χ2n) is 3.72. The molecule has 1 atom stereocenters. The lowest BCUT2D eigenvalue weighted by atomic mass is 10.1. The molecule has 1 unspecified atom stereocenters. The molecule has 0 aromatic rings. The van der Waals surface area contributed by atoms with Gasteiger partial charge in [-0.2, -0.15) is 0 Å². The van der Waals surface area contributed by atoms with Crippen LogP contribution >= 0.6 is 0 Å². The first kappa shape index (κ1) is 13.2. The van der Waals surface area contributed by atoms with Crippen LogP contribution in [0.15, 0.2) is 4.99 Å². The number of nitrogens with zero attached hydrogens (tertiary/aromatic N) is 1. The van der Waals surface area contributed by atoms with Crippen LogP contribution in [-0.2, 0) is 4.74 Å². The normalized spacial score (nSPS) is 14.5. The molecular formula is C10H23N3O. The van der Waals surface area contributed by atoms with E-state index in [9.17, 15) is 0 Å². The number of aliphatic imine (C=N–C) groups is 1. The van der Waals surface area contributed by atoms with Crippen molar-refractivity contribution in [3.8, 4) is 0 Å². The average Bonchev–Trinajstić information content (AvgIpc) is 2.14. The van der Waals surface area contributed by atoms with Crippen molar-refractivity contribution in [2.75, 3.05) is 20.3 Å². The van der Waals surface area contributed by atoms with E-state index in [1.54, 1.807) is 7.11 Å². The quantitative estimate of drug-likeness (QED) is 0.497. The molecule has 0 spiro atoms. The number of ether oxygens (including phenoxy) is 1. The molecule has 14 heavy (non-hydrogen) atoms. The van der Waals surface area contributed by atoms with Gasteiger partial charge in [-0.1, -0.05) is 20.8 Å². The van der Waals surface area contributed by atoms with Crippen LogP contribution in [0, 0.1) is 5.92 Å². The minimum Gasteiger partial charge on any atom is -0.383 e. The van der Waals surface area contributed by atoms with E-state index in [4.69, 9.17) is 10.5 Å². The lowest BCUT2D eigenvalue weighted by Gasteiger charge is -2.21. The van der Waals surface area contributed by atoms with E-state index in [1.807, 2.05) is 0 Å². The van der Waals surface area contributed by atoms with Gasteiger partial charge < -0.3 is 15.8 Å². The van der Waals surface area contributed by atoms with Crippen LogP contribution in [0.25, 0.3) is 0 Å². The summed E-state index contributed by atoms with van der Waals surface area (Å²) < 4.78 is 5.10. The molecule has 0 saturated heterocycles. The topological polar surface area (TPSA) is 59.6 Å². The van der Waals surface area contributed by atoms with E-state index in [-0.39, 0.29) is 6.04 Å². The van der Waals surface area contributed by atoms with E-state index in [0.717, 1.165) is 13.0 Å². The third-order valence-corrected chi connectivity index (χ3v) is 1.99. The van der Waals surface area contributed by atoms with Crippen LogP contribution in [0.5, 0.6) is 0 Å². The Morgan fingerprint density at radius 1 is 1.50 bits per heavy atom. The Kier molecular flexibility index (Phi) is 7.20. The highest BCUT2D eigenvalue weighted by atomic mass is 16.5. The van der Waals surface area contributed by atoms with Gasteiger partial charge in [0.15, 0.2) is 5.96 Å². The monoisotopic (exact) mass is 201 g/mol. The third-order valence-electron chi connectivity index (χ3n) is 1.99. The molecule has 84 valence electrons. The Morgan fingerprint density at radius 2 is 2.14 bits per heavy atom. The molecule has 0 heterocycles. The predicted octanol–water partition coefficient (Wildman–Crippen LogP) is 0.972. The minimum absolute atomic E-state index is 0.237. The van der Waals surface area contributed by atoms with Crippen LogP contribution in [0.1, 0.15) is 27.2 Å². The highest BCUT2D eigenvalue weighted by molar-refractivity contribution is 5.78. The van der Waals surface area contributed by atoms with Crippen LogP contribution < -0.4 is 11.1 Å². The molecule has 0 aliphatic carbocycles. The molecule has 0 aliphatic rings. The first-order valence-electron chi connectivity index (χ1n) is 5.17. The summed E-state index contributed by atoms with van der Waals surface area (Å²) in [5, 5.41) is 3.15. The molecule has 0 rings (SSSR count). The first-order valence-corrected chi connectivity index (χ1v) is 5.17. The van der Waals surface area contributed by atoms with Crippen molar-refractivity contribution in [3.05, 3.63) is 0 Å². The summed E-state index contributed by atoms with van der Waals surface area (Å²) in [7, 11) is 1.69. The summed E-state index contributed by atoms with van der Waals surface area (Å²) in [5.41, 5.74) is 5.71. The summed E-state index contributed by atoms with van der Waals surface area (Å²) in [6.45, 7) is 7.76. The summed E-state index contributed by atoms with van der Waals surface area (Å²) >= 11 is 0. The Bertz CT molecular complexity index is 169. The van der Waals surface area contributed by atoms with E-state index >= 15 is 0 Å². The molecule has 0 radical (unpaired) electrons. The van der Waals surface area contributed by atoms with Crippen molar-refractivity contribution >= 4 is 5.96 Å². The van der Waals surface area contributed by atoms with Gasteiger partial charge in [0, 0.05) is 13.7 Å². The van der Waals surface area contributed by atoms with Gasteiger partial charge >= 0.3 is 0 Å². The Hall–Kier alpha value is -0.770. The lowest BCUT2D eigenvalue weighted by molar-refractivity contribution is 0.156. The van der Waals surface area contributed by atoms with E-state index < -0.39 is 0 Å². The number of rotatable bonds is 6. The molecule has 0 bridgehead atoms. The van der Waals surface area contributed by atoms with Gasteiger partial charge in [0.05, 0.1) is 12.6 Å². The van der Waals surface area contributed by atoms with E-state index in [0.29, 0.717) is 18.5 Å². The van der Waals surface area contributed by atoms with Gasteiger partial charge in [0.25, 0.3) is 0 Å². The number of nitrogens with one attached hydrogen (secondary N) is 1. The molecular weight excluding hydrogens is 178 g/mol. The molecule has 3 N–H and O–H groups in total. The van der Waals surface area contributed by atoms with E-state index in [2.05, 4.69) is 31.1 Å². The number of hydrogen-bond donors (Lipinski definition) is 2. The molecule has 0 aliphatic heterocycles. The van der Waals surface area contributed by atoms with Gasteiger partial charge in [0.2, 0.25) is 0 Å². The average molecular weight is 201 g/mol. The molecule has 4 heteroatoms. The summed E-state index contributed by atoms with van der Waals surface area (Å²) in [6.07, 6.45) is 1.01. The molecule has 0 fully saturated rings. The van der Waals surface area contributed by atoms with Crippen molar-refractivity contribution in [2.45, 2.75) is 33.2 Å². The maximum Gasteiger partial charge on any atom is 0.188 e. The molecule has 4 nitrogen and oxygen atoms in total. The van der Waals surface area contributed by atoms with Crippen LogP contribution in [0.4, 0.5) is 0 Å². The SMILES string of the molecule is CCCN=C(N)NC(COC)C(C)C. The molecule has 0 amide bonds. The van der Waals surface area contributed by atoms with Crippen molar-refractivity contribution < 1.29 is 4.74 Å². The van der Waals surface area contributed by atoms with Crippen LogP contribution in [-0.4, -0.2) is 32.3 Å². The van der Waals surface area contributed by atoms with Gasteiger partial charge in [-0.25, -0.2) is 0 Å². The molecule has 0 saturated carbocycles. The Labute approximate surface area is 86.9 Å². The van der Waals surface area contributed by atoms with Crippen molar-refractivity contribution in [2.24, 2.45) is 16.6 Å². The summed E-state index contributed by atoms with van der Waals surface area (Å²) in [6, 6.07) is 0.237. The largest absolute Gasteiger partial charge is 0.383 e. The van der Waals surface area contributed by atoms with Gasteiger partial charge in [0.1, 0.15) is 0 Å². The summed E-state index contributed by atoms with van der Waals surface area (Å²) in [5.74, 6) is 0.993. The predicted molar refractivity (Wildman–Crippen MR) is 60.4 cm³/mol. The standard InChI is InChI=1S/C10H23N3O/c1-5-6-12-10(11)13-9(7-14-4)8(2)3/h8-9H,5-7H2,1-4H3,(H3,11,12,13).